The molecule has 0 aromatic heterocycles. The first-order valence-corrected chi connectivity index (χ1v) is 9.06. The maximum atomic E-state index is 5.92. The van der Waals surface area contributed by atoms with E-state index in [2.05, 4.69) is 29.1 Å². The largest absolute Gasteiger partial charge is 0.379 e. The lowest BCUT2D eigenvalue weighted by atomic mass is 10.1. The summed E-state index contributed by atoms with van der Waals surface area (Å²) in [6.07, 6.45) is 7.83. The summed E-state index contributed by atoms with van der Waals surface area (Å²) >= 11 is 0. The molecule has 0 aromatic rings. The Bertz CT molecular complexity index is 290. The van der Waals surface area contributed by atoms with Gasteiger partial charge in [0.2, 0.25) is 0 Å². The van der Waals surface area contributed by atoms with Crippen LogP contribution in [-0.4, -0.2) is 56.8 Å². The number of aliphatic imine (C=N–C) groups is 1. The van der Waals surface area contributed by atoms with Gasteiger partial charge in [0.15, 0.2) is 5.96 Å². The number of hydrogen-bond donors (Lipinski definition) is 2. The van der Waals surface area contributed by atoms with E-state index in [-0.39, 0.29) is 0 Å². The molecule has 5 nitrogen and oxygen atoms in total. The van der Waals surface area contributed by atoms with Crippen molar-refractivity contribution in [2.75, 3.05) is 45.9 Å². The molecule has 1 saturated heterocycles. The van der Waals surface area contributed by atoms with Crippen LogP contribution in [0.4, 0.5) is 0 Å². The second-order valence-electron chi connectivity index (χ2n) is 6.44. The van der Waals surface area contributed by atoms with Crippen molar-refractivity contribution >= 4 is 5.96 Å². The molecular formula is C17H36N4O. The molecule has 1 heterocycles. The molecule has 130 valence electrons. The van der Waals surface area contributed by atoms with Crippen molar-refractivity contribution in [2.45, 2.75) is 52.4 Å². The van der Waals surface area contributed by atoms with E-state index in [0.717, 1.165) is 45.9 Å². The molecule has 1 rings (SSSR count). The van der Waals surface area contributed by atoms with Crippen LogP contribution in [0.3, 0.4) is 0 Å². The minimum absolute atomic E-state index is 0.535. The Morgan fingerprint density at radius 2 is 1.86 bits per heavy atom. The van der Waals surface area contributed by atoms with Crippen LogP contribution in [0, 0.1) is 5.92 Å². The molecule has 3 N–H and O–H groups in total. The zero-order valence-electron chi connectivity index (χ0n) is 14.6. The fourth-order valence-electron chi connectivity index (χ4n) is 2.71. The highest BCUT2D eigenvalue weighted by molar-refractivity contribution is 5.77. The van der Waals surface area contributed by atoms with Gasteiger partial charge < -0.3 is 15.8 Å². The van der Waals surface area contributed by atoms with Crippen LogP contribution in [0.5, 0.6) is 0 Å². The second kappa shape index (κ2) is 12.7. The van der Waals surface area contributed by atoms with Gasteiger partial charge >= 0.3 is 0 Å². The molecule has 1 atom stereocenters. The third-order valence-corrected chi connectivity index (χ3v) is 4.08. The van der Waals surface area contributed by atoms with Crippen molar-refractivity contribution in [1.82, 2.24) is 10.2 Å². The van der Waals surface area contributed by atoms with Crippen LogP contribution in [0.15, 0.2) is 4.99 Å². The Kier molecular flexibility index (Phi) is 11.1. The molecule has 0 saturated carbocycles. The lowest BCUT2D eigenvalue weighted by molar-refractivity contribution is 0.0323. The molecule has 1 aliphatic rings. The summed E-state index contributed by atoms with van der Waals surface area (Å²) in [4.78, 5) is 6.91. The van der Waals surface area contributed by atoms with Crippen molar-refractivity contribution < 1.29 is 4.74 Å². The number of nitrogens with one attached hydrogen (secondary N) is 1. The lowest BCUT2D eigenvalue weighted by Crippen LogP contribution is -2.39. The third kappa shape index (κ3) is 10.0. The van der Waals surface area contributed by atoms with Gasteiger partial charge in [-0.25, -0.2) is 0 Å². The number of unbranched alkanes of at least 4 members (excludes halogenated alkanes) is 5. The van der Waals surface area contributed by atoms with Crippen molar-refractivity contribution in [2.24, 2.45) is 16.6 Å². The maximum Gasteiger partial charge on any atom is 0.188 e. The number of morpholine rings is 1. The number of rotatable bonds is 11. The topological polar surface area (TPSA) is 62.9 Å². The van der Waals surface area contributed by atoms with E-state index in [0.29, 0.717) is 11.9 Å². The van der Waals surface area contributed by atoms with Crippen molar-refractivity contribution in [3.63, 3.8) is 0 Å². The predicted octanol–water partition coefficient (Wildman–Crippen LogP) is 2.22. The van der Waals surface area contributed by atoms with Crippen LogP contribution < -0.4 is 11.1 Å². The number of hydrogen-bond acceptors (Lipinski definition) is 3. The highest BCUT2D eigenvalue weighted by Crippen LogP contribution is 2.05. The van der Waals surface area contributed by atoms with Gasteiger partial charge in [0.1, 0.15) is 0 Å². The number of ether oxygens (including phenoxy) is 1. The molecule has 1 aliphatic heterocycles. The molecule has 0 aliphatic carbocycles. The summed E-state index contributed by atoms with van der Waals surface area (Å²) in [5, 5.41) is 3.23. The Labute approximate surface area is 136 Å². The molecule has 0 spiro atoms. The highest BCUT2D eigenvalue weighted by atomic mass is 16.5. The van der Waals surface area contributed by atoms with Gasteiger partial charge in [0.25, 0.3) is 0 Å². The van der Waals surface area contributed by atoms with E-state index in [4.69, 9.17) is 10.5 Å². The van der Waals surface area contributed by atoms with Crippen molar-refractivity contribution in [1.29, 1.82) is 0 Å². The monoisotopic (exact) mass is 312 g/mol. The molecule has 22 heavy (non-hydrogen) atoms. The summed E-state index contributed by atoms with van der Waals surface area (Å²) in [5.41, 5.74) is 5.92. The van der Waals surface area contributed by atoms with E-state index < -0.39 is 0 Å². The minimum atomic E-state index is 0.535. The van der Waals surface area contributed by atoms with Crippen molar-refractivity contribution in [3.8, 4) is 0 Å². The van der Waals surface area contributed by atoms with Gasteiger partial charge in [0.05, 0.1) is 13.2 Å². The number of nitrogens with two attached hydrogens (primary N) is 1. The summed E-state index contributed by atoms with van der Waals surface area (Å²) in [7, 11) is 0. The Morgan fingerprint density at radius 3 is 2.59 bits per heavy atom. The van der Waals surface area contributed by atoms with Crippen LogP contribution in [0.1, 0.15) is 52.4 Å². The first-order chi connectivity index (χ1) is 10.7. The van der Waals surface area contributed by atoms with Crippen LogP contribution in [-0.2, 0) is 4.74 Å². The minimum Gasteiger partial charge on any atom is -0.379 e. The predicted molar refractivity (Wildman–Crippen MR) is 94.3 cm³/mol. The van der Waals surface area contributed by atoms with E-state index in [1.54, 1.807) is 0 Å². The van der Waals surface area contributed by atoms with Gasteiger partial charge in [-0.3, -0.25) is 9.89 Å². The fraction of sp³-hybridized carbons (Fsp3) is 0.941. The summed E-state index contributed by atoms with van der Waals surface area (Å²) < 4.78 is 5.37. The summed E-state index contributed by atoms with van der Waals surface area (Å²) in [5.74, 6) is 1.13. The Balaban J connectivity index is 2.01. The third-order valence-electron chi connectivity index (χ3n) is 4.08. The van der Waals surface area contributed by atoms with Gasteiger partial charge in [0, 0.05) is 32.7 Å². The smallest absolute Gasteiger partial charge is 0.188 e. The average molecular weight is 313 g/mol. The average Bonchev–Trinajstić information content (AvgIpc) is 2.53. The van der Waals surface area contributed by atoms with Gasteiger partial charge in [-0.1, -0.05) is 46.0 Å². The van der Waals surface area contributed by atoms with E-state index >= 15 is 0 Å². The molecule has 0 bridgehead atoms. The highest BCUT2D eigenvalue weighted by Gasteiger charge is 2.13. The molecular weight excluding hydrogens is 276 g/mol. The van der Waals surface area contributed by atoms with Crippen LogP contribution in [0.25, 0.3) is 0 Å². The van der Waals surface area contributed by atoms with Gasteiger partial charge in [-0.2, -0.15) is 0 Å². The second-order valence-corrected chi connectivity index (χ2v) is 6.44. The Morgan fingerprint density at radius 1 is 1.18 bits per heavy atom. The molecule has 1 unspecified atom stereocenters. The first-order valence-electron chi connectivity index (χ1n) is 9.06. The molecule has 0 radical (unpaired) electrons. The summed E-state index contributed by atoms with van der Waals surface area (Å²) in [6.45, 7) is 11.1. The van der Waals surface area contributed by atoms with Gasteiger partial charge in [-0.15, -0.1) is 0 Å². The van der Waals surface area contributed by atoms with Crippen molar-refractivity contribution in [3.05, 3.63) is 0 Å². The number of nitrogens with zero attached hydrogens (tertiary/aromatic N) is 2. The fourth-order valence-corrected chi connectivity index (χ4v) is 2.71. The number of guanidine groups is 1. The van der Waals surface area contributed by atoms with E-state index in [9.17, 15) is 0 Å². The van der Waals surface area contributed by atoms with E-state index in [1.165, 1.54) is 38.5 Å². The van der Waals surface area contributed by atoms with Crippen LogP contribution in [0.2, 0.25) is 0 Å². The van der Waals surface area contributed by atoms with E-state index in [1.807, 2.05) is 0 Å². The summed E-state index contributed by atoms with van der Waals surface area (Å²) in [6, 6.07) is 0. The lowest BCUT2D eigenvalue weighted by Gasteiger charge is -2.28. The Hall–Kier alpha value is -0.810. The quantitative estimate of drug-likeness (QED) is 0.349. The zero-order valence-corrected chi connectivity index (χ0v) is 14.6. The molecule has 1 fully saturated rings. The molecule has 0 aromatic carbocycles. The van der Waals surface area contributed by atoms with Gasteiger partial charge in [-0.05, 0) is 12.3 Å². The standard InChI is InChI=1S/C17H36N4O/c1-3-4-5-6-7-8-9-19-17(18)20-14-16(2)15-21-10-12-22-13-11-21/h16H,3-15H2,1-2H3,(H3,18,19,20). The van der Waals surface area contributed by atoms with Crippen LogP contribution >= 0.6 is 0 Å². The SMILES string of the molecule is CCCCCCCCNC(N)=NCC(C)CN1CCOCC1. The molecule has 5 heteroatoms. The molecule has 0 amide bonds. The zero-order chi connectivity index (χ0) is 16.0. The maximum absolute atomic E-state index is 5.92. The first kappa shape index (κ1) is 19.2. The normalized spacial score (nSPS) is 18.4.